The van der Waals surface area contributed by atoms with E-state index in [9.17, 15) is 4.39 Å². The van der Waals surface area contributed by atoms with E-state index in [0.29, 0.717) is 0 Å². The lowest BCUT2D eigenvalue weighted by atomic mass is 10.3. The zero-order chi connectivity index (χ0) is 8.97. The molecule has 0 aliphatic carbocycles. The first-order valence-electron chi connectivity index (χ1n) is 3.76. The van der Waals surface area contributed by atoms with Gasteiger partial charge in [-0.1, -0.05) is 22.0 Å². The number of hydrogen-bond acceptors (Lipinski definition) is 1. The van der Waals surface area contributed by atoms with E-state index in [4.69, 9.17) is 0 Å². The Morgan fingerprint density at radius 1 is 1.50 bits per heavy atom. The molecule has 1 rings (SSSR count). The highest BCUT2D eigenvalue weighted by molar-refractivity contribution is 9.09. The summed E-state index contributed by atoms with van der Waals surface area (Å²) in [6.07, 6.45) is 0. The quantitative estimate of drug-likeness (QED) is 0.724. The van der Waals surface area contributed by atoms with Gasteiger partial charge in [0.15, 0.2) is 0 Å². The van der Waals surface area contributed by atoms with Crippen LogP contribution in [0.15, 0.2) is 24.3 Å². The third-order valence-electron chi connectivity index (χ3n) is 1.67. The average Bonchev–Trinajstić information content (AvgIpc) is 2.05. The van der Waals surface area contributed by atoms with Crippen molar-refractivity contribution < 1.29 is 4.39 Å². The number of halogens is 2. The predicted molar refractivity (Wildman–Crippen MR) is 53.5 cm³/mol. The number of rotatable bonds is 3. The Labute approximate surface area is 80.3 Å². The van der Waals surface area contributed by atoms with Crippen LogP contribution in [-0.4, -0.2) is 18.9 Å². The van der Waals surface area contributed by atoms with Gasteiger partial charge in [-0.2, -0.15) is 0 Å². The van der Waals surface area contributed by atoms with E-state index in [-0.39, 0.29) is 5.82 Å². The molecule has 0 heterocycles. The fraction of sp³-hybridized carbons (Fsp3) is 0.333. The Kier molecular flexibility index (Phi) is 3.53. The second-order valence-electron chi connectivity index (χ2n) is 2.59. The molecule has 0 amide bonds. The molecule has 0 saturated heterocycles. The number of hydrogen-bond donors (Lipinski definition) is 0. The van der Waals surface area contributed by atoms with Crippen molar-refractivity contribution in [3.05, 3.63) is 30.1 Å². The van der Waals surface area contributed by atoms with Crippen molar-refractivity contribution in [2.45, 2.75) is 0 Å². The van der Waals surface area contributed by atoms with Crippen molar-refractivity contribution in [2.75, 3.05) is 23.8 Å². The van der Waals surface area contributed by atoms with E-state index in [2.05, 4.69) is 15.9 Å². The SMILES string of the molecule is CN(CCBr)c1cccc(F)c1. The minimum Gasteiger partial charge on any atom is -0.374 e. The van der Waals surface area contributed by atoms with Crippen LogP contribution in [0.5, 0.6) is 0 Å². The summed E-state index contributed by atoms with van der Waals surface area (Å²) in [5, 5.41) is 0.889. The molecule has 0 N–H and O–H groups in total. The van der Waals surface area contributed by atoms with Crippen LogP contribution in [0.25, 0.3) is 0 Å². The maximum absolute atomic E-state index is 12.7. The monoisotopic (exact) mass is 231 g/mol. The van der Waals surface area contributed by atoms with Crippen molar-refractivity contribution in [2.24, 2.45) is 0 Å². The summed E-state index contributed by atoms with van der Waals surface area (Å²) in [4.78, 5) is 2.00. The van der Waals surface area contributed by atoms with Gasteiger partial charge >= 0.3 is 0 Å². The van der Waals surface area contributed by atoms with Gasteiger partial charge in [0, 0.05) is 24.6 Å². The second kappa shape index (κ2) is 4.45. The molecule has 12 heavy (non-hydrogen) atoms. The molecular formula is C9H11BrFN. The fourth-order valence-electron chi connectivity index (χ4n) is 0.969. The van der Waals surface area contributed by atoms with Gasteiger partial charge in [0.05, 0.1) is 0 Å². The first-order chi connectivity index (χ1) is 5.74. The zero-order valence-corrected chi connectivity index (χ0v) is 8.51. The van der Waals surface area contributed by atoms with Crippen LogP contribution in [0, 0.1) is 5.82 Å². The predicted octanol–water partition coefficient (Wildman–Crippen LogP) is 2.66. The van der Waals surface area contributed by atoms with Gasteiger partial charge < -0.3 is 4.90 Å². The molecule has 0 aliphatic rings. The lowest BCUT2D eigenvalue weighted by Crippen LogP contribution is -2.19. The lowest BCUT2D eigenvalue weighted by molar-refractivity contribution is 0.627. The first kappa shape index (κ1) is 9.52. The minimum atomic E-state index is -0.186. The zero-order valence-electron chi connectivity index (χ0n) is 6.93. The number of nitrogens with zero attached hydrogens (tertiary/aromatic N) is 1. The standard InChI is InChI=1S/C9H11BrFN/c1-12(6-5-10)9-4-2-3-8(11)7-9/h2-4,7H,5-6H2,1H3. The molecule has 0 radical (unpaired) electrons. The van der Waals surface area contributed by atoms with Gasteiger partial charge in [-0.05, 0) is 18.2 Å². The molecule has 1 aromatic rings. The van der Waals surface area contributed by atoms with Crippen molar-refractivity contribution in [1.82, 2.24) is 0 Å². The fourth-order valence-corrected chi connectivity index (χ4v) is 1.50. The molecule has 0 aromatic heterocycles. The van der Waals surface area contributed by atoms with Crippen LogP contribution in [-0.2, 0) is 0 Å². The van der Waals surface area contributed by atoms with E-state index in [1.165, 1.54) is 12.1 Å². The number of anilines is 1. The maximum Gasteiger partial charge on any atom is 0.125 e. The minimum absolute atomic E-state index is 0.186. The number of benzene rings is 1. The maximum atomic E-state index is 12.7. The molecule has 66 valence electrons. The topological polar surface area (TPSA) is 3.24 Å². The van der Waals surface area contributed by atoms with Crippen LogP contribution < -0.4 is 4.90 Å². The van der Waals surface area contributed by atoms with Gasteiger partial charge in [0.25, 0.3) is 0 Å². The van der Waals surface area contributed by atoms with E-state index < -0.39 is 0 Å². The Morgan fingerprint density at radius 3 is 2.83 bits per heavy atom. The van der Waals surface area contributed by atoms with E-state index in [1.807, 2.05) is 18.0 Å². The van der Waals surface area contributed by atoms with Crippen LogP contribution in [0.1, 0.15) is 0 Å². The third kappa shape index (κ3) is 2.48. The molecule has 0 saturated carbocycles. The van der Waals surface area contributed by atoms with Crippen molar-refractivity contribution in [3.63, 3.8) is 0 Å². The Hall–Kier alpha value is -0.570. The summed E-state index contributed by atoms with van der Waals surface area (Å²) in [5.74, 6) is -0.186. The van der Waals surface area contributed by atoms with E-state index >= 15 is 0 Å². The lowest BCUT2D eigenvalue weighted by Gasteiger charge is -2.17. The van der Waals surface area contributed by atoms with Crippen LogP contribution >= 0.6 is 15.9 Å². The van der Waals surface area contributed by atoms with Gasteiger partial charge in [0.1, 0.15) is 5.82 Å². The largest absolute Gasteiger partial charge is 0.374 e. The van der Waals surface area contributed by atoms with Gasteiger partial charge in [0.2, 0.25) is 0 Å². The molecule has 3 heteroatoms. The highest BCUT2D eigenvalue weighted by atomic mass is 79.9. The van der Waals surface area contributed by atoms with Gasteiger partial charge in [-0.3, -0.25) is 0 Å². The molecule has 1 aromatic carbocycles. The van der Waals surface area contributed by atoms with Gasteiger partial charge in [-0.25, -0.2) is 4.39 Å². The molecular weight excluding hydrogens is 221 g/mol. The summed E-state index contributed by atoms with van der Waals surface area (Å²) >= 11 is 3.33. The van der Waals surface area contributed by atoms with Crippen molar-refractivity contribution >= 4 is 21.6 Å². The Bertz CT molecular complexity index is 252. The second-order valence-corrected chi connectivity index (χ2v) is 3.38. The summed E-state index contributed by atoms with van der Waals surface area (Å²) in [6, 6.07) is 6.59. The molecule has 0 spiro atoms. The van der Waals surface area contributed by atoms with Crippen molar-refractivity contribution in [3.8, 4) is 0 Å². The summed E-state index contributed by atoms with van der Waals surface area (Å²) in [6.45, 7) is 0.878. The van der Waals surface area contributed by atoms with E-state index in [0.717, 1.165) is 17.6 Å². The first-order valence-corrected chi connectivity index (χ1v) is 4.89. The molecule has 0 atom stereocenters. The van der Waals surface area contributed by atoms with Crippen molar-refractivity contribution in [1.29, 1.82) is 0 Å². The van der Waals surface area contributed by atoms with E-state index in [1.54, 1.807) is 6.07 Å². The van der Waals surface area contributed by atoms with Crippen LogP contribution in [0.3, 0.4) is 0 Å². The highest BCUT2D eigenvalue weighted by Gasteiger charge is 1.99. The summed E-state index contributed by atoms with van der Waals surface area (Å²) in [5.41, 5.74) is 0.912. The molecule has 0 fully saturated rings. The Morgan fingerprint density at radius 2 is 2.25 bits per heavy atom. The number of alkyl halides is 1. The van der Waals surface area contributed by atoms with Gasteiger partial charge in [-0.15, -0.1) is 0 Å². The molecule has 0 unspecified atom stereocenters. The molecule has 0 bridgehead atoms. The van der Waals surface area contributed by atoms with Crippen LogP contribution in [0.2, 0.25) is 0 Å². The third-order valence-corrected chi connectivity index (χ3v) is 2.02. The summed E-state index contributed by atoms with van der Waals surface area (Å²) in [7, 11) is 1.94. The smallest absolute Gasteiger partial charge is 0.125 e. The molecule has 1 nitrogen and oxygen atoms in total. The summed E-state index contributed by atoms with van der Waals surface area (Å²) < 4.78 is 12.7. The normalized spacial score (nSPS) is 9.92. The van der Waals surface area contributed by atoms with Crippen LogP contribution in [0.4, 0.5) is 10.1 Å². The Balaban J connectivity index is 2.73. The highest BCUT2D eigenvalue weighted by Crippen LogP contribution is 2.13. The average molecular weight is 232 g/mol. The molecule has 0 aliphatic heterocycles.